The van der Waals surface area contributed by atoms with Gasteiger partial charge in [-0.2, -0.15) is 0 Å². The zero-order valence-electron chi connectivity index (χ0n) is 15.6. The number of carbonyl (C=O) groups is 1. The van der Waals surface area contributed by atoms with Crippen molar-refractivity contribution in [2.24, 2.45) is 0 Å². The molecule has 0 radical (unpaired) electrons. The number of nitrogens with one attached hydrogen (secondary N) is 1. The normalized spacial score (nSPS) is 10.9. The molecule has 1 heterocycles. The number of carbonyl (C=O) groups excluding carboxylic acids is 1. The maximum atomic E-state index is 12.7. The average Bonchev–Trinajstić information content (AvgIpc) is 3.15. The highest BCUT2D eigenvalue weighted by molar-refractivity contribution is 7.15. The summed E-state index contributed by atoms with van der Waals surface area (Å²) >= 11 is 1.48. The summed E-state index contributed by atoms with van der Waals surface area (Å²) < 4.78 is 0. The topological polar surface area (TPSA) is 54.9 Å². The van der Waals surface area contributed by atoms with Crippen LogP contribution in [-0.2, 0) is 11.2 Å². The van der Waals surface area contributed by atoms with Crippen molar-refractivity contribution in [2.45, 2.75) is 44.9 Å². The Balaban J connectivity index is 1.66. The first-order valence-corrected chi connectivity index (χ1v) is 10.3. The van der Waals surface area contributed by atoms with E-state index in [0.29, 0.717) is 11.6 Å². The van der Waals surface area contributed by atoms with Crippen molar-refractivity contribution >= 4 is 22.4 Å². The monoisotopic (exact) mass is 379 g/mol. The van der Waals surface area contributed by atoms with Gasteiger partial charge in [0.1, 0.15) is 5.01 Å². The molecule has 0 fully saturated rings. The Hall–Kier alpha value is -2.53. The predicted octanol–water partition coefficient (Wildman–Crippen LogP) is 5.43. The number of hydrogen-bond donors (Lipinski definition) is 1. The molecule has 1 aromatic heterocycles. The summed E-state index contributed by atoms with van der Waals surface area (Å²) in [7, 11) is 0. The first-order valence-electron chi connectivity index (χ1n) is 9.48. The van der Waals surface area contributed by atoms with Gasteiger partial charge in [0.15, 0.2) is 0 Å². The van der Waals surface area contributed by atoms with Crippen LogP contribution < -0.4 is 5.32 Å². The lowest BCUT2D eigenvalue weighted by atomic mass is 9.88. The third-order valence-corrected chi connectivity index (χ3v) is 5.40. The first kappa shape index (κ1) is 19.2. The lowest BCUT2D eigenvalue weighted by Gasteiger charge is -2.17. The second-order valence-electron chi connectivity index (χ2n) is 6.58. The van der Waals surface area contributed by atoms with Crippen LogP contribution in [0, 0.1) is 0 Å². The molecule has 3 rings (SSSR count). The van der Waals surface area contributed by atoms with E-state index in [1.54, 1.807) is 0 Å². The Kier molecular flexibility index (Phi) is 7.11. The van der Waals surface area contributed by atoms with Gasteiger partial charge in [-0.25, -0.2) is 0 Å². The molecule has 0 atom stereocenters. The molecule has 4 nitrogen and oxygen atoms in total. The molecule has 3 aromatic rings. The highest BCUT2D eigenvalue weighted by Gasteiger charge is 2.19. The molecule has 2 aromatic carbocycles. The maximum absolute atomic E-state index is 12.7. The largest absolute Gasteiger partial charge is 0.300 e. The molecule has 0 aliphatic carbocycles. The number of anilines is 1. The molecule has 0 aliphatic rings. The van der Waals surface area contributed by atoms with Crippen LogP contribution in [0.15, 0.2) is 60.7 Å². The highest BCUT2D eigenvalue weighted by atomic mass is 32.1. The molecule has 5 heteroatoms. The fraction of sp³-hybridized carbons (Fsp3) is 0.318. The van der Waals surface area contributed by atoms with Gasteiger partial charge >= 0.3 is 0 Å². The van der Waals surface area contributed by atoms with Crippen LogP contribution >= 0.6 is 11.3 Å². The number of aryl methyl sites for hydroxylation is 1. The Bertz CT molecular complexity index is 794. The zero-order chi connectivity index (χ0) is 18.9. The Morgan fingerprint density at radius 1 is 0.963 bits per heavy atom. The van der Waals surface area contributed by atoms with Gasteiger partial charge < -0.3 is 5.32 Å². The summed E-state index contributed by atoms with van der Waals surface area (Å²) in [6.45, 7) is 2.18. The molecule has 0 saturated heterocycles. The summed E-state index contributed by atoms with van der Waals surface area (Å²) in [5, 5.41) is 12.8. The molecule has 1 N–H and O–H groups in total. The Morgan fingerprint density at radius 2 is 1.59 bits per heavy atom. The lowest BCUT2D eigenvalue weighted by Crippen LogP contribution is -2.16. The SMILES string of the molecule is CCCCCc1nnc(NC(=O)CC(c2ccccc2)c2ccccc2)s1. The van der Waals surface area contributed by atoms with Gasteiger partial charge in [0, 0.05) is 18.8 Å². The van der Waals surface area contributed by atoms with Gasteiger partial charge in [-0.15, -0.1) is 10.2 Å². The number of benzene rings is 2. The van der Waals surface area contributed by atoms with Gasteiger partial charge in [-0.1, -0.05) is 91.8 Å². The zero-order valence-corrected chi connectivity index (χ0v) is 16.4. The van der Waals surface area contributed by atoms with E-state index in [1.165, 1.54) is 24.2 Å². The van der Waals surface area contributed by atoms with E-state index < -0.39 is 0 Å². The van der Waals surface area contributed by atoms with Gasteiger partial charge in [0.2, 0.25) is 11.0 Å². The average molecular weight is 380 g/mol. The standard InChI is InChI=1S/C22H25N3OS/c1-2-3-6-15-21-24-25-22(27-21)23-20(26)16-19(17-11-7-4-8-12-17)18-13-9-5-10-14-18/h4-5,7-14,19H,2-3,6,15-16H2,1H3,(H,23,25,26). The molecular weight excluding hydrogens is 354 g/mol. The van der Waals surface area contributed by atoms with Crippen LogP contribution in [-0.4, -0.2) is 16.1 Å². The molecule has 0 aliphatic heterocycles. The van der Waals surface area contributed by atoms with Crippen LogP contribution in [0.1, 0.15) is 54.7 Å². The van der Waals surface area contributed by atoms with Crippen molar-refractivity contribution in [1.82, 2.24) is 10.2 Å². The van der Waals surface area contributed by atoms with Crippen molar-refractivity contribution < 1.29 is 4.79 Å². The second kappa shape index (κ2) is 9.97. The van der Waals surface area contributed by atoms with Crippen molar-refractivity contribution in [3.63, 3.8) is 0 Å². The molecule has 0 spiro atoms. The van der Waals surface area contributed by atoms with Gasteiger partial charge in [0.05, 0.1) is 0 Å². The van der Waals surface area contributed by atoms with Crippen LogP contribution in [0.2, 0.25) is 0 Å². The van der Waals surface area contributed by atoms with E-state index >= 15 is 0 Å². The van der Waals surface area contributed by atoms with E-state index in [9.17, 15) is 4.79 Å². The molecule has 27 heavy (non-hydrogen) atoms. The van der Waals surface area contributed by atoms with Gasteiger partial charge in [-0.3, -0.25) is 4.79 Å². The quantitative estimate of drug-likeness (QED) is 0.504. The fourth-order valence-corrected chi connectivity index (χ4v) is 3.88. The van der Waals surface area contributed by atoms with Crippen LogP contribution in [0.5, 0.6) is 0 Å². The smallest absolute Gasteiger partial charge is 0.227 e. The number of rotatable bonds is 9. The van der Waals surface area contributed by atoms with Crippen molar-refractivity contribution in [2.75, 3.05) is 5.32 Å². The first-order chi connectivity index (χ1) is 13.3. The van der Waals surface area contributed by atoms with E-state index in [2.05, 4.69) is 46.7 Å². The molecular formula is C22H25N3OS. The van der Waals surface area contributed by atoms with Crippen molar-refractivity contribution in [3.8, 4) is 0 Å². The Labute approximate surface area is 164 Å². The van der Waals surface area contributed by atoms with Crippen LogP contribution in [0.3, 0.4) is 0 Å². The number of amides is 1. The van der Waals surface area contributed by atoms with Crippen LogP contribution in [0.4, 0.5) is 5.13 Å². The van der Waals surface area contributed by atoms with Crippen LogP contribution in [0.25, 0.3) is 0 Å². The minimum absolute atomic E-state index is 0.0179. The molecule has 0 unspecified atom stereocenters. The van der Waals surface area contributed by atoms with E-state index in [1.807, 2.05) is 36.4 Å². The summed E-state index contributed by atoms with van der Waals surface area (Å²) in [6.07, 6.45) is 4.79. The molecule has 1 amide bonds. The molecule has 140 valence electrons. The minimum Gasteiger partial charge on any atom is -0.300 e. The summed E-state index contributed by atoms with van der Waals surface area (Å²) in [6, 6.07) is 20.3. The van der Waals surface area contributed by atoms with Gasteiger partial charge in [-0.05, 0) is 17.5 Å². The fourth-order valence-electron chi connectivity index (χ4n) is 3.09. The number of aromatic nitrogens is 2. The summed E-state index contributed by atoms with van der Waals surface area (Å²) in [5.41, 5.74) is 2.27. The maximum Gasteiger partial charge on any atom is 0.227 e. The minimum atomic E-state index is -0.0380. The number of hydrogen-bond acceptors (Lipinski definition) is 4. The second-order valence-corrected chi connectivity index (χ2v) is 7.65. The van der Waals surface area contributed by atoms with E-state index in [4.69, 9.17) is 0 Å². The number of nitrogens with zero attached hydrogens (tertiary/aromatic N) is 2. The van der Waals surface area contributed by atoms with E-state index in [0.717, 1.165) is 29.0 Å². The van der Waals surface area contributed by atoms with E-state index in [-0.39, 0.29) is 11.8 Å². The van der Waals surface area contributed by atoms with Crippen molar-refractivity contribution in [1.29, 1.82) is 0 Å². The summed E-state index contributed by atoms with van der Waals surface area (Å²) in [5.74, 6) is -0.0201. The van der Waals surface area contributed by atoms with Crippen molar-refractivity contribution in [3.05, 3.63) is 76.8 Å². The predicted molar refractivity (Wildman–Crippen MR) is 111 cm³/mol. The van der Waals surface area contributed by atoms with Gasteiger partial charge in [0.25, 0.3) is 0 Å². The number of unbranched alkanes of at least 4 members (excludes halogenated alkanes) is 2. The third kappa shape index (κ3) is 5.73. The summed E-state index contributed by atoms with van der Waals surface area (Å²) in [4.78, 5) is 12.7. The molecule has 0 bridgehead atoms. The highest BCUT2D eigenvalue weighted by Crippen LogP contribution is 2.28. The third-order valence-electron chi connectivity index (χ3n) is 4.50. The molecule has 0 saturated carbocycles. The Morgan fingerprint density at radius 3 is 2.19 bits per heavy atom. The lowest BCUT2D eigenvalue weighted by molar-refractivity contribution is -0.116.